The van der Waals surface area contributed by atoms with Crippen molar-refractivity contribution in [2.45, 2.75) is 24.9 Å². The number of hydrogen-bond donors (Lipinski definition) is 2. The van der Waals surface area contributed by atoms with Crippen LogP contribution in [-0.2, 0) is 5.60 Å². The van der Waals surface area contributed by atoms with E-state index in [9.17, 15) is 14.3 Å². The minimum atomic E-state index is -0.849. The number of thiazole rings is 1. The number of carbonyl (C=O) groups is 1. The van der Waals surface area contributed by atoms with Crippen LogP contribution in [0.5, 0.6) is 0 Å². The fraction of sp³-hybridized carbons (Fsp3) is 0.286. The summed E-state index contributed by atoms with van der Waals surface area (Å²) in [5.74, 6) is -0.990. The Labute approximate surface area is 129 Å². The molecule has 1 fully saturated rings. The number of benzene rings is 1. The van der Waals surface area contributed by atoms with E-state index in [1.54, 1.807) is 5.38 Å². The van der Waals surface area contributed by atoms with Gasteiger partial charge >= 0.3 is 0 Å². The molecule has 2 aromatic rings. The molecule has 0 spiro atoms. The Morgan fingerprint density at radius 1 is 1.48 bits per heavy atom. The number of aromatic nitrogens is 1. The second-order valence-corrected chi connectivity index (χ2v) is 6.27. The van der Waals surface area contributed by atoms with Crippen molar-refractivity contribution >= 4 is 34.0 Å². The molecule has 1 aliphatic carbocycles. The van der Waals surface area contributed by atoms with E-state index in [4.69, 9.17) is 11.6 Å². The Hall–Kier alpha value is -1.50. The van der Waals surface area contributed by atoms with Crippen LogP contribution in [0.1, 0.15) is 35.3 Å². The maximum atomic E-state index is 13.1. The van der Waals surface area contributed by atoms with Crippen LogP contribution in [0.4, 0.5) is 9.52 Å². The summed E-state index contributed by atoms with van der Waals surface area (Å²) in [4.78, 5) is 16.3. The average molecular weight is 327 g/mol. The SMILES string of the molecule is O=C(Nc1nc(C2(O)CCC2)cs1)c1ccc(F)c(Cl)c1. The van der Waals surface area contributed by atoms with Crippen LogP contribution < -0.4 is 5.32 Å². The molecule has 3 rings (SSSR count). The highest BCUT2D eigenvalue weighted by Crippen LogP contribution is 2.41. The van der Waals surface area contributed by atoms with Crippen molar-refractivity contribution in [3.8, 4) is 0 Å². The van der Waals surface area contributed by atoms with Gasteiger partial charge in [-0.3, -0.25) is 10.1 Å². The molecule has 0 radical (unpaired) electrons. The predicted molar refractivity (Wildman–Crippen MR) is 79.2 cm³/mol. The molecule has 1 aromatic heterocycles. The highest BCUT2D eigenvalue weighted by Gasteiger charge is 2.38. The molecule has 110 valence electrons. The summed E-state index contributed by atoms with van der Waals surface area (Å²) >= 11 is 6.90. The summed E-state index contributed by atoms with van der Waals surface area (Å²) in [5, 5.41) is 14.8. The highest BCUT2D eigenvalue weighted by atomic mass is 35.5. The first-order valence-electron chi connectivity index (χ1n) is 6.43. The van der Waals surface area contributed by atoms with Gasteiger partial charge in [-0.1, -0.05) is 11.6 Å². The van der Waals surface area contributed by atoms with E-state index < -0.39 is 17.3 Å². The van der Waals surface area contributed by atoms with E-state index >= 15 is 0 Å². The van der Waals surface area contributed by atoms with Gasteiger partial charge < -0.3 is 5.11 Å². The zero-order valence-electron chi connectivity index (χ0n) is 10.9. The Morgan fingerprint density at radius 2 is 2.24 bits per heavy atom. The molecule has 1 heterocycles. The molecule has 0 unspecified atom stereocenters. The lowest BCUT2D eigenvalue weighted by molar-refractivity contribution is -0.0420. The van der Waals surface area contributed by atoms with Crippen LogP contribution in [0.25, 0.3) is 0 Å². The Morgan fingerprint density at radius 3 is 2.86 bits per heavy atom. The van der Waals surface area contributed by atoms with Gasteiger partial charge in [0.05, 0.1) is 10.7 Å². The summed E-state index contributed by atoms with van der Waals surface area (Å²) in [6.07, 6.45) is 2.36. The summed E-state index contributed by atoms with van der Waals surface area (Å²) < 4.78 is 13.1. The molecule has 0 atom stereocenters. The number of anilines is 1. The van der Waals surface area contributed by atoms with E-state index in [0.717, 1.165) is 12.5 Å². The monoisotopic (exact) mass is 326 g/mol. The van der Waals surface area contributed by atoms with Crippen molar-refractivity contribution in [2.24, 2.45) is 0 Å². The van der Waals surface area contributed by atoms with E-state index in [2.05, 4.69) is 10.3 Å². The molecule has 0 saturated heterocycles. The summed E-state index contributed by atoms with van der Waals surface area (Å²) in [6, 6.07) is 3.76. The molecule has 7 heteroatoms. The first kappa shape index (κ1) is 14.4. The molecular weight excluding hydrogens is 315 g/mol. The predicted octanol–water partition coefficient (Wildman–Crippen LogP) is 3.56. The minimum absolute atomic E-state index is 0.105. The maximum Gasteiger partial charge on any atom is 0.257 e. The molecule has 4 nitrogen and oxygen atoms in total. The maximum absolute atomic E-state index is 13.1. The molecule has 0 bridgehead atoms. The molecule has 1 aliphatic rings. The van der Waals surface area contributed by atoms with Gasteiger partial charge in [-0.2, -0.15) is 0 Å². The minimum Gasteiger partial charge on any atom is -0.384 e. The van der Waals surface area contributed by atoms with Crippen LogP contribution in [0.2, 0.25) is 5.02 Å². The molecule has 1 amide bonds. The number of nitrogens with zero attached hydrogens (tertiary/aromatic N) is 1. The van der Waals surface area contributed by atoms with Gasteiger partial charge in [-0.25, -0.2) is 9.37 Å². The van der Waals surface area contributed by atoms with E-state index in [1.807, 2.05) is 0 Å². The first-order chi connectivity index (χ1) is 9.98. The van der Waals surface area contributed by atoms with E-state index in [0.29, 0.717) is 23.7 Å². The van der Waals surface area contributed by atoms with Crippen LogP contribution in [0.15, 0.2) is 23.6 Å². The summed E-state index contributed by atoms with van der Waals surface area (Å²) in [7, 11) is 0. The standard InChI is InChI=1S/C14H12ClFN2O2S/c15-9-6-8(2-3-10(9)16)12(19)18-13-17-11(7-21-13)14(20)4-1-5-14/h2-3,6-7,20H,1,4-5H2,(H,17,18,19). The Bertz CT molecular complexity index is 700. The van der Waals surface area contributed by atoms with Crippen molar-refractivity contribution in [3.05, 3.63) is 45.7 Å². The van der Waals surface area contributed by atoms with Crippen molar-refractivity contribution in [2.75, 3.05) is 5.32 Å². The third-order valence-electron chi connectivity index (χ3n) is 3.56. The second kappa shape index (κ2) is 5.36. The Balaban J connectivity index is 1.74. The van der Waals surface area contributed by atoms with Gasteiger partial charge in [0.1, 0.15) is 11.4 Å². The van der Waals surface area contributed by atoms with Gasteiger partial charge in [0.2, 0.25) is 0 Å². The molecule has 21 heavy (non-hydrogen) atoms. The lowest BCUT2D eigenvalue weighted by atomic mass is 9.78. The number of carbonyl (C=O) groups excluding carboxylic acids is 1. The number of rotatable bonds is 3. The Kier molecular flexibility index (Phi) is 3.69. The van der Waals surface area contributed by atoms with Gasteiger partial charge in [-0.05, 0) is 37.5 Å². The zero-order chi connectivity index (χ0) is 15.0. The average Bonchev–Trinajstić information content (AvgIpc) is 2.88. The fourth-order valence-corrected chi connectivity index (χ4v) is 3.10. The smallest absolute Gasteiger partial charge is 0.257 e. The normalized spacial score (nSPS) is 16.3. The van der Waals surface area contributed by atoms with Gasteiger partial charge in [0, 0.05) is 10.9 Å². The molecular formula is C14H12ClFN2O2S. The van der Waals surface area contributed by atoms with Crippen LogP contribution in [0.3, 0.4) is 0 Å². The number of nitrogens with one attached hydrogen (secondary N) is 1. The van der Waals surface area contributed by atoms with Crippen molar-refractivity contribution in [3.63, 3.8) is 0 Å². The molecule has 0 aliphatic heterocycles. The fourth-order valence-electron chi connectivity index (χ4n) is 2.12. The summed E-state index contributed by atoms with van der Waals surface area (Å²) in [5.41, 5.74) is -0.00902. The van der Waals surface area contributed by atoms with Crippen LogP contribution in [-0.4, -0.2) is 16.0 Å². The van der Waals surface area contributed by atoms with Gasteiger partial charge in [-0.15, -0.1) is 11.3 Å². The zero-order valence-corrected chi connectivity index (χ0v) is 12.5. The molecule has 2 N–H and O–H groups in total. The number of halogens is 2. The lowest BCUT2D eigenvalue weighted by Gasteiger charge is -2.34. The summed E-state index contributed by atoms with van der Waals surface area (Å²) in [6.45, 7) is 0. The van der Waals surface area contributed by atoms with Crippen LogP contribution >= 0.6 is 22.9 Å². The van der Waals surface area contributed by atoms with Crippen molar-refractivity contribution < 1.29 is 14.3 Å². The highest BCUT2D eigenvalue weighted by molar-refractivity contribution is 7.14. The van der Waals surface area contributed by atoms with Gasteiger partial charge in [0.15, 0.2) is 5.13 Å². The first-order valence-corrected chi connectivity index (χ1v) is 7.68. The van der Waals surface area contributed by atoms with Crippen molar-refractivity contribution in [1.82, 2.24) is 4.98 Å². The number of aliphatic hydroxyl groups is 1. The molecule has 1 saturated carbocycles. The number of amides is 1. The number of hydrogen-bond acceptors (Lipinski definition) is 4. The second-order valence-electron chi connectivity index (χ2n) is 5.01. The largest absolute Gasteiger partial charge is 0.384 e. The van der Waals surface area contributed by atoms with Crippen molar-refractivity contribution in [1.29, 1.82) is 0 Å². The lowest BCUT2D eigenvalue weighted by Crippen LogP contribution is -2.33. The van der Waals surface area contributed by atoms with Gasteiger partial charge in [0.25, 0.3) is 5.91 Å². The van der Waals surface area contributed by atoms with E-state index in [1.165, 1.54) is 23.5 Å². The third kappa shape index (κ3) is 2.79. The van der Waals surface area contributed by atoms with Crippen LogP contribution in [0, 0.1) is 5.82 Å². The molecule has 1 aromatic carbocycles. The quantitative estimate of drug-likeness (QED) is 0.906. The third-order valence-corrected chi connectivity index (χ3v) is 4.61. The topological polar surface area (TPSA) is 62.2 Å². The van der Waals surface area contributed by atoms with E-state index in [-0.39, 0.29) is 10.6 Å².